The van der Waals surface area contributed by atoms with Crippen molar-refractivity contribution < 1.29 is 4.74 Å². The third kappa shape index (κ3) is 3.80. The van der Waals surface area contributed by atoms with Crippen LogP contribution in [0.5, 0.6) is 5.75 Å². The predicted molar refractivity (Wildman–Crippen MR) is 81.6 cm³/mol. The summed E-state index contributed by atoms with van der Waals surface area (Å²) in [7, 11) is 1.84. The van der Waals surface area contributed by atoms with Gasteiger partial charge in [0.1, 0.15) is 18.1 Å². The van der Waals surface area contributed by atoms with Gasteiger partial charge in [0.05, 0.1) is 6.20 Å². The largest absolute Gasteiger partial charge is 0.487 e. The van der Waals surface area contributed by atoms with Gasteiger partial charge in [-0.15, -0.1) is 5.10 Å². The molecule has 2 rings (SSSR count). The molecule has 0 spiro atoms. The smallest absolute Gasteiger partial charge is 0.134 e. The SMILES string of the molecule is Cc1cc(Br)cc(CC(C)N)c1OCc1cn(C)nn1. The van der Waals surface area contributed by atoms with Crippen molar-refractivity contribution in [3.63, 3.8) is 0 Å². The molecule has 108 valence electrons. The van der Waals surface area contributed by atoms with Gasteiger partial charge in [-0.05, 0) is 43.5 Å². The second kappa shape index (κ2) is 6.37. The summed E-state index contributed by atoms with van der Waals surface area (Å²) in [6.45, 7) is 4.42. The minimum Gasteiger partial charge on any atom is -0.487 e. The summed E-state index contributed by atoms with van der Waals surface area (Å²) in [5, 5.41) is 7.92. The number of nitrogens with two attached hydrogens (primary N) is 1. The van der Waals surface area contributed by atoms with Crippen molar-refractivity contribution in [3.8, 4) is 5.75 Å². The molecule has 0 aliphatic heterocycles. The Labute approximate surface area is 127 Å². The Morgan fingerprint density at radius 3 is 2.80 bits per heavy atom. The van der Waals surface area contributed by atoms with Crippen LogP contribution in [0.25, 0.3) is 0 Å². The van der Waals surface area contributed by atoms with Gasteiger partial charge in [0.15, 0.2) is 0 Å². The highest BCUT2D eigenvalue weighted by Crippen LogP contribution is 2.29. The van der Waals surface area contributed by atoms with E-state index in [2.05, 4.69) is 32.3 Å². The summed E-state index contributed by atoms with van der Waals surface area (Å²) in [5.74, 6) is 0.885. The lowest BCUT2D eigenvalue weighted by atomic mass is 10.0. The van der Waals surface area contributed by atoms with Crippen LogP contribution in [0.1, 0.15) is 23.7 Å². The number of hydrogen-bond acceptors (Lipinski definition) is 4. The lowest BCUT2D eigenvalue weighted by Crippen LogP contribution is -2.18. The van der Waals surface area contributed by atoms with E-state index in [0.717, 1.165) is 33.5 Å². The molecule has 1 aromatic heterocycles. The molecule has 0 saturated heterocycles. The number of aromatic nitrogens is 3. The van der Waals surface area contributed by atoms with E-state index in [4.69, 9.17) is 10.5 Å². The highest BCUT2D eigenvalue weighted by atomic mass is 79.9. The Morgan fingerprint density at radius 2 is 2.20 bits per heavy atom. The fraction of sp³-hybridized carbons (Fsp3) is 0.429. The van der Waals surface area contributed by atoms with E-state index in [1.807, 2.05) is 33.2 Å². The van der Waals surface area contributed by atoms with Crippen molar-refractivity contribution in [2.75, 3.05) is 0 Å². The van der Waals surface area contributed by atoms with Crippen LogP contribution in [0, 0.1) is 6.92 Å². The molecule has 0 radical (unpaired) electrons. The number of aryl methyl sites for hydroxylation is 2. The van der Waals surface area contributed by atoms with Gasteiger partial charge in [0.2, 0.25) is 0 Å². The van der Waals surface area contributed by atoms with Crippen molar-refractivity contribution >= 4 is 15.9 Å². The van der Waals surface area contributed by atoms with E-state index < -0.39 is 0 Å². The molecule has 1 heterocycles. The molecule has 1 aromatic carbocycles. The molecule has 20 heavy (non-hydrogen) atoms. The minimum atomic E-state index is 0.0857. The zero-order chi connectivity index (χ0) is 14.7. The molecular weight excluding hydrogens is 320 g/mol. The van der Waals surface area contributed by atoms with Crippen LogP contribution in [0.3, 0.4) is 0 Å². The van der Waals surface area contributed by atoms with Crippen molar-refractivity contribution in [1.82, 2.24) is 15.0 Å². The maximum atomic E-state index is 5.93. The number of benzene rings is 1. The number of nitrogens with zero attached hydrogens (tertiary/aromatic N) is 3. The quantitative estimate of drug-likeness (QED) is 0.908. The zero-order valence-corrected chi connectivity index (χ0v) is 13.5. The van der Waals surface area contributed by atoms with Crippen LogP contribution in [0.15, 0.2) is 22.8 Å². The van der Waals surface area contributed by atoms with Gasteiger partial charge < -0.3 is 10.5 Å². The van der Waals surface area contributed by atoms with Gasteiger partial charge in [0, 0.05) is 17.6 Å². The highest BCUT2D eigenvalue weighted by molar-refractivity contribution is 9.10. The van der Waals surface area contributed by atoms with Gasteiger partial charge in [-0.3, -0.25) is 4.68 Å². The Kier molecular flexibility index (Phi) is 4.77. The summed E-state index contributed by atoms with van der Waals surface area (Å²) < 4.78 is 8.63. The number of halogens is 1. The van der Waals surface area contributed by atoms with Gasteiger partial charge in [-0.2, -0.15) is 0 Å². The maximum Gasteiger partial charge on any atom is 0.134 e. The third-order valence-corrected chi connectivity index (χ3v) is 3.33. The summed E-state index contributed by atoms with van der Waals surface area (Å²) in [6.07, 6.45) is 2.62. The lowest BCUT2D eigenvalue weighted by molar-refractivity contribution is 0.295. The lowest BCUT2D eigenvalue weighted by Gasteiger charge is -2.15. The molecular formula is C14H19BrN4O. The van der Waals surface area contributed by atoms with E-state index in [9.17, 15) is 0 Å². The highest BCUT2D eigenvalue weighted by Gasteiger charge is 2.12. The fourth-order valence-electron chi connectivity index (χ4n) is 2.11. The van der Waals surface area contributed by atoms with E-state index in [-0.39, 0.29) is 6.04 Å². The van der Waals surface area contributed by atoms with Crippen LogP contribution in [0.2, 0.25) is 0 Å². The van der Waals surface area contributed by atoms with E-state index in [1.165, 1.54) is 0 Å². The van der Waals surface area contributed by atoms with Crippen LogP contribution < -0.4 is 10.5 Å². The third-order valence-electron chi connectivity index (χ3n) is 2.87. The topological polar surface area (TPSA) is 66.0 Å². The molecule has 0 saturated carbocycles. The molecule has 1 unspecified atom stereocenters. The average molecular weight is 339 g/mol. The number of rotatable bonds is 5. The van der Waals surface area contributed by atoms with Crippen molar-refractivity contribution in [2.24, 2.45) is 12.8 Å². The van der Waals surface area contributed by atoms with E-state index >= 15 is 0 Å². The molecule has 5 nitrogen and oxygen atoms in total. The van der Waals surface area contributed by atoms with Crippen LogP contribution in [-0.2, 0) is 20.1 Å². The van der Waals surface area contributed by atoms with E-state index in [1.54, 1.807) is 4.68 Å². The Bertz CT molecular complexity index is 595. The first-order chi connectivity index (χ1) is 9.45. The molecule has 0 aliphatic carbocycles. The average Bonchev–Trinajstić information content (AvgIpc) is 2.73. The summed E-state index contributed by atoms with van der Waals surface area (Å²) in [4.78, 5) is 0. The predicted octanol–water partition coefficient (Wildman–Crippen LogP) is 2.35. The van der Waals surface area contributed by atoms with E-state index in [0.29, 0.717) is 6.61 Å². The Balaban J connectivity index is 2.20. The monoisotopic (exact) mass is 338 g/mol. The standard InChI is InChI=1S/C14H19BrN4O/c1-9-4-12(15)6-11(5-10(2)16)14(9)20-8-13-7-19(3)18-17-13/h4,6-7,10H,5,8,16H2,1-3H3. The summed E-state index contributed by atoms with van der Waals surface area (Å²) in [6, 6.07) is 4.18. The summed E-state index contributed by atoms with van der Waals surface area (Å²) in [5.41, 5.74) is 8.90. The van der Waals surface area contributed by atoms with Crippen LogP contribution >= 0.6 is 15.9 Å². The van der Waals surface area contributed by atoms with Gasteiger partial charge in [0.25, 0.3) is 0 Å². The molecule has 6 heteroatoms. The van der Waals surface area contributed by atoms with Gasteiger partial charge >= 0.3 is 0 Å². The molecule has 0 fully saturated rings. The number of hydrogen-bond donors (Lipinski definition) is 1. The minimum absolute atomic E-state index is 0.0857. The Hall–Kier alpha value is -1.40. The second-order valence-corrected chi connectivity index (χ2v) is 5.98. The first kappa shape index (κ1) is 15.0. The molecule has 0 bridgehead atoms. The summed E-state index contributed by atoms with van der Waals surface area (Å²) >= 11 is 3.51. The maximum absolute atomic E-state index is 5.93. The number of ether oxygens (including phenoxy) is 1. The van der Waals surface area contributed by atoms with Crippen molar-refractivity contribution in [1.29, 1.82) is 0 Å². The Morgan fingerprint density at radius 1 is 1.45 bits per heavy atom. The van der Waals surface area contributed by atoms with Gasteiger partial charge in [-0.1, -0.05) is 21.1 Å². The normalized spacial score (nSPS) is 12.4. The van der Waals surface area contributed by atoms with Crippen molar-refractivity contribution in [2.45, 2.75) is 32.9 Å². The van der Waals surface area contributed by atoms with Crippen molar-refractivity contribution in [3.05, 3.63) is 39.6 Å². The molecule has 0 amide bonds. The first-order valence-corrected chi connectivity index (χ1v) is 7.27. The van der Waals surface area contributed by atoms with Gasteiger partial charge in [-0.25, -0.2) is 0 Å². The molecule has 1 atom stereocenters. The molecule has 0 aliphatic rings. The first-order valence-electron chi connectivity index (χ1n) is 6.48. The zero-order valence-electron chi connectivity index (χ0n) is 11.9. The second-order valence-electron chi connectivity index (χ2n) is 5.06. The van der Waals surface area contributed by atoms with Crippen LogP contribution in [-0.4, -0.2) is 21.0 Å². The molecule has 2 aromatic rings. The fourth-order valence-corrected chi connectivity index (χ4v) is 2.73. The van der Waals surface area contributed by atoms with Crippen LogP contribution in [0.4, 0.5) is 0 Å². The molecule has 2 N–H and O–H groups in total.